The number of aryl methyl sites for hydroxylation is 1. The van der Waals surface area contributed by atoms with Crippen molar-refractivity contribution in [3.8, 4) is 5.88 Å². The van der Waals surface area contributed by atoms with Gasteiger partial charge in [-0.2, -0.15) is 0 Å². The largest absolute Gasteiger partial charge is 0.472 e. The van der Waals surface area contributed by atoms with E-state index in [1.165, 1.54) is 7.11 Å². The number of hydrogen-bond donors (Lipinski definition) is 3. The predicted molar refractivity (Wildman–Crippen MR) is 93.2 cm³/mol. The number of nitrogens with one attached hydrogen (secondary N) is 3. The van der Waals surface area contributed by atoms with E-state index in [1.54, 1.807) is 32.0 Å². The number of anilines is 2. The van der Waals surface area contributed by atoms with Gasteiger partial charge in [-0.1, -0.05) is 11.2 Å². The van der Waals surface area contributed by atoms with E-state index in [1.807, 2.05) is 0 Å². The second-order valence-electron chi connectivity index (χ2n) is 5.34. The van der Waals surface area contributed by atoms with Crippen molar-refractivity contribution >= 4 is 23.3 Å². The lowest BCUT2D eigenvalue weighted by atomic mass is 10.1. The molecule has 10 nitrogen and oxygen atoms in total. The van der Waals surface area contributed by atoms with Crippen molar-refractivity contribution in [1.29, 1.82) is 0 Å². The van der Waals surface area contributed by atoms with Crippen molar-refractivity contribution in [3.05, 3.63) is 29.5 Å². The first-order chi connectivity index (χ1) is 12.5. The summed E-state index contributed by atoms with van der Waals surface area (Å²) in [5.74, 6) is 0.0227. The molecule has 0 atom stereocenters. The molecule has 0 saturated carbocycles. The van der Waals surface area contributed by atoms with E-state index in [2.05, 4.69) is 30.9 Å². The molecule has 0 saturated heterocycles. The van der Waals surface area contributed by atoms with Crippen LogP contribution in [0.2, 0.25) is 0 Å². The lowest BCUT2D eigenvalue weighted by Gasteiger charge is -2.14. The monoisotopic (exact) mass is 363 g/mol. The molecule has 140 valence electrons. The van der Waals surface area contributed by atoms with Gasteiger partial charge < -0.3 is 25.4 Å². The van der Waals surface area contributed by atoms with Crippen LogP contribution in [0.15, 0.2) is 22.8 Å². The summed E-state index contributed by atoms with van der Waals surface area (Å²) in [6, 6.07) is 4.82. The maximum atomic E-state index is 12.0. The summed E-state index contributed by atoms with van der Waals surface area (Å²) >= 11 is 0. The fourth-order valence-electron chi connectivity index (χ4n) is 2.06. The van der Waals surface area contributed by atoms with Gasteiger partial charge in [0.05, 0.1) is 6.54 Å². The van der Waals surface area contributed by atoms with Gasteiger partial charge >= 0.3 is 6.03 Å². The molecule has 3 amide bonds. The Morgan fingerprint density at radius 1 is 1.15 bits per heavy atom. The van der Waals surface area contributed by atoms with E-state index in [-0.39, 0.29) is 25.7 Å². The Hall–Kier alpha value is -3.14. The number of amides is 3. The Morgan fingerprint density at radius 2 is 1.88 bits per heavy atom. The Bertz CT molecular complexity index is 761. The van der Waals surface area contributed by atoms with E-state index >= 15 is 0 Å². The number of rotatable bonds is 8. The van der Waals surface area contributed by atoms with Crippen LogP contribution in [0.3, 0.4) is 0 Å². The van der Waals surface area contributed by atoms with Gasteiger partial charge in [-0.25, -0.2) is 9.42 Å². The smallest absolute Gasteiger partial charge is 0.319 e. The number of hydrogen-bond acceptors (Lipinski definition) is 7. The number of urea groups is 1. The molecule has 0 bridgehead atoms. The minimum atomic E-state index is -0.396. The van der Waals surface area contributed by atoms with Crippen molar-refractivity contribution < 1.29 is 23.7 Å². The van der Waals surface area contributed by atoms with Crippen LogP contribution in [0, 0.1) is 13.8 Å². The summed E-state index contributed by atoms with van der Waals surface area (Å²) in [4.78, 5) is 23.6. The third kappa shape index (κ3) is 5.45. The highest BCUT2D eigenvalue weighted by Gasteiger charge is 2.10. The molecule has 0 fully saturated rings. The van der Waals surface area contributed by atoms with Gasteiger partial charge in [-0.15, -0.1) is 0 Å². The normalized spacial score (nSPS) is 10.3. The second-order valence-corrected chi connectivity index (χ2v) is 5.34. The van der Waals surface area contributed by atoms with Gasteiger partial charge in [-0.05, 0) is 36.7 Å². The zero-order valence-electron chi connectivity index (χ0n) is 14.8. The van der Waals surface area contributed by atoms with Crippen LogP contribution in [-0.4, -0.2) is 49.1 Å². The number of carbonyl (C=O) groups excluding carboxylic acids is 2. The van der Waals surface area contributed by atoms with Crippen molar-refractivity contribution in [2.75, 3.05) is 37.5 Å². The first-order valence-electron chi connectivity index (χ1n) is 7.86. The number of nitrogens with zero attached hydrogens (tertiary/aromatic N) is 2. The highest BCUT2D eigenvalue weighted by atomic mass is 16.6. The average molecular weight is 363 g/mol. The van der Waals surface area contributed by atoms with E-state index in [4.69, 9.17) is 9.47 Å². The Labute approximate surface area is 150 Å². The number of benzene rings is 1. The summed E-state index contributed by atoms with van der Waals surface area (Å²) in [5.41, 5.74) is 2.45. The summed E-state index contributed by atoms with van der Waals surface area (Å²) in [6.45, 7) is 3.93. The number of carbonyl (C=O) groups is 2. The molecule has 0 spiro atoms. The zero-order chi connectivity index (χ0) is 18.9. The summed E-state index contributed by atoms with van der Waals surface area (Å²) in [7, 11) is 1.44. The molecule has 3 N–H and O–H groups in total. The molecular weight excluding hydrogens is 342 g/mol. The van der Waals surface area contributed by atoms with Gasteiger partial charge in [0.2, 0.25) is 5.91 Å². The SMILES string of the molecule is COCC(=O)Nc1cccc(NC(=O)NCCOc2nonc2C)c1C. The molecule has 2 rings (SSSR count). The first kappa shape index (κ1) is 19.2. The van der Waals surface area contributed by atoms with Crippen LogP contribution in [0.4, 0.5) is 16.2 Å². The van der Waals surface area contributed by atoms with Gasteiger partial charge in [-0.3, -0.25) is 4.79 Å². The molecule has 26 heavy (non-hydrogen) atoms. The van der Waals surface area contributed by atoms with E-state index in [9.17, 15) is 9.59 Å². The maximum Gasteiger partial charge on any atom is 0.319 e. The van der Waals surface area contributed by atoms with Crippen molar-refractivity contribution in [2.45, 2.75) is 13.8 Å². The zero-order valence-corrected chi connectivity index (χ0v) is 14.8. The van der Waals surface area contributed by atoms with Crippen LogP contribution >= 0.6 is 0 Å². The Kier molecular flexibility index (Phi) is 6.92. The topological polar surface area (TPSA) is 128 Å². The third-order valence-electron chi connectivity index (χ3n) is 3.37. The van der Waals surface area contributed by atoms with Crippen LogP contribution in [-0.2, 0) is 9.53 Å². The van der Waals surface area contributed by atoms with Crippen molar-refractivity contribution in [2.24, 2.45) is 0 Å². The van der Waals surface area contributed by atoms with Crippen LogP contribution in [0.25, 0.3) is 0 Å². The molecule has 0 radical (unpaired) electrons. The molecule has 2 aromatic rings. The van der Waals surface area contributed by atoms with Crippen molar-refractivity contribution in [1.82, 2.24) is 15.6 Å². The molecule has 0 aliphatic carbocycles. The van der Waals surface area contributed by atoms with Crippen LogP contribution in [0.5, 0.6) is 5.88 Å². The summed E-state index contributed by atoms with van der Waals surface area (Å²) in [5, 5.41) is 15.3. The maximum absolute atomic E-state index is 12.0. The van der Waals surface area contributed by atoms with Gasteiger partial charge in [0, 0.05) is 18.5 Å². The molecule has 0 unspecified atom stereocenters. The standard InChI is InChI=1S/C16H21N5O5/c1-10-12(18-14(22)9-24-3)5-4-6-13(10)19-16(23)17-7-8-25-15-11(2)20-26-21-15/h4-6H,7-9H2,1-3H3,(H,18,22)(H2,17,19,23). The number of methoxy groups -OCH3 is 1. The van der Waals surface area contributed by atoms with E-state index in [0.717, 1.165) is 5.56 Å². The van der Waals surface area contributed by atoms with Crippen molar-refractivity contribution in [3.63, 3.8) is 0 Å². The molecule has 1 aromatic heterocycles. The van der Waals surface area contributed by atoms with Gasteiger partial charge in [0.1, 0.15) is 18.9 Å². The number of ether oxygens (including phenoxy) is 2. The highest BCUT2D eigenvalue weighted by molar-refractivity contribution is 5.95. The van der Waals surface area contributed by atoms with E-state index in [0.29, 0.717) is 22.9 Å². The summed E-state index contributed by atoms with van der Waals surface area (Å²) < 4.78 is 14.6. The quantitative estimate of drug-likeness (QED) is 0.606. The minimum absolute atomic E-state index is 0.0436. The fraction of sp³-hybridized carbons (Fsp3) is 0.375. The first-order valence-corrected chi connectivity index (χ1v) is 7.86. The van der Waals surface area contributed by atoms with E-state index < -0.39 is 6.03 Å². The molecule has 1 aromatic carbocycles. The summed E-state index contributed by atoms with van der Waals surface area (Å²) in [6.07, 6.45) is 0. The van der Waals surface area contributed by atoms with Crippen LogP contribution in [0.1, 0.15) is 11.3 Å². The highest BCUT2D eigenvalue weighted by Crippen LogP contribution is 2.23. The van der Waals surface area contributed by atoms with Crippen LogP contribution < -0.4 is 20.7 Å². The lowest BCUT2D eigenvalue weighted by Crippen LogP contribution is -2.32. The third-order valence-corrected chi connectivity index (χ3v) is 3.37. The second kappa shape index (κ2) is 9.37. The predicted octanol–water partition coefficient (Wildman–Crippen LogP) is 1.47. The lowest BCUT2D eigenvalue weighted by molar-refractivity contribution is -0.119. The average Bonchev–Trinajstić information content (AvgIpc) is 3.00. The Morgan fingerprint density at radius 3 is 2.54 bits per heavy atom. The fourth-order valence-corrected chi connectivity index (χ4v) is 2.06. The molecule has 0 aliphatic rings. The van der Waals surface area contributed by atoms with Gasteiger partial charge in [0.15, 0.2) is 0 Å². The minimum Gasteiger partial charge on any atom is -0.472 e. The molecule has 10 heteroatoms. The number of aromatic nitrogens is 2. The molecular formula is C16H21N5O5. The molecule has 0 aliphatic heterocycles. The van der Waals surface area contributed by atoms with Gasteiger partial charge in [0.25, 0.3) is 5.88 Å². The Balaban J connectivity index is 1.82. The molecule has 1 heterocycles.